The molecule has 2 aromatic rings. The molecular formula is C20H27ClN4O3S2. The molecule has 30 heavy (non-hydrogen) atoms. The molecule has 1 N–H and O–H groups in total. The van der Waals surface area contributed by atoms with Crippen molar-refractivity contribution in [2.24, 2.45) is 0 Å². The Morgan fingerprint density at radius 1 is 1.30 bits per heavy atom. The van der Waals surface area contributed by atoms with Gasteiger partial charge in [0.2, 0.25) is 15.9 Å². The predicted octanol–water partition coefficient (Wildman–Crippen LogP) is 4.25. The van der Waals surface area contributed by atoms with E-state index in [1.165, 1.54) is 50.8 Å². The molecule has 0 aliphatic heterocycles. The quantitative estimate of drug-likeness (QED) is 0.611. The second kappa shape index (κ2) is 9.30. The molecule has 0 spiro atoms. The second-order valence-corrected chi connectivity index (χ2v) is 11.1. The molecule has 1 heterocycles. The summed E-state index contributed by atoms with van der Waals surface area (Å²) in [5.41, 5.74) is 2.53. The topological polar surface area (TPSA) is 84.3 Å². The van der Waals surface area contributed by atoms with Gasteiger partial charge >= 0.3 is 0 Å². The first-order valence-electron chi connectivity index (χ1n) is 9.81. The fourth-order valence-corrected chi connectivity index (χ4v) is 5.95. The smallest absolute Gasteiger partial charge is 0.244 e. The van der Waals surface area contributed by atoms with Crippen molar-refractivity contribution in [2.75, 3.05) is 25.2 Å². The first kappa shape index (κ1) is 23.1. The number of aryl methyl sites for hydroxylation is 1. The minimum absolute atomic E-state index is 0.0392. The summed E-state index contributed by atoms with van der Waals surface area (Å²) in [6.07, 6.45) is 4.73. The number of sulfonamides is 1. The number of halogens is 1. The van der Waals surface area contributed by atoms with Gasteiger partial charge in [-0.25, -0.2) is 17.7 Å². The minimum atomic E-state index is -3.71. The van der Waals surface area contributed by atoms with Crippen LogP contribution in [0.1, 0.15) is 43.1 Å². The van der Waals surface area contributed by atoms with Gasteiger partial charge in [0.15, 0.2) is 5.16 Å². The lowest BCUT2D eigenvalue weighted by atomic mass is 10.2. The van der Waals surface area contributed by atoms with E-state index in [9.17, 15) is 13.2 Å². The Kier molecular flexibility index (Phi) is 7.16. The molecule has 164 valence electrons. The summed E-state index contributed by atoms with van der Waals surface area (Å²) in [6.45, 7) is 4.07. The summed E-state index contributed by atoms with van der Waals surface area (Å²) in [5.74, 6) is -0.0483. The molecule has 10 heteroatoms. The monoisotopic (exact) mass is 470 g/mol. The highest BCUT2D eigenvalue weighted by Gasteiger charge is 2.24. The molecule has 1 amide bonds. The van der Waals surface area contributed by atoms with Crippen LogP contribution in [0.4, 0.5) is 5.69 Å². The van der Waals surface area contributed by atoms with E-state index in [4.69, 9.17) is 11.6 Å². The van der Waals surface area contributed by atoms with E-state index in [-0.39, 0.29) is 21.6 Å². The largest absolute Gasteiger partial charge is 0.325 e. The summed E-state index contributed by atoms with van der Waals surface area (Å²) in [7, 11) is -0.838. The lowest BCUT2D eigenvalue weighted by Crippen LogP contribution is -2.23. The van der Waals surface area contributed by atoms with Crippen LogP contribution in [0, 0.1) is 13.8 Å². The van der Waals surface area contributed by atoms with Crippen LogP contribution in [0.5, 0.6) is 0 Å². The average Bonchev–Trinajstić information content (AvgIpc) is 3.30. The highest BCUT2D eigenvalue weighted by molar-refractivity contribution is 7.99. The van der Waals surface area contributed by atoms with Gasteiger partial charge in [-0.05, 0) is 44.9 Å². The molecular weight excluding hydrogens is 444 g/mol. The van der Waals surface area contributed by atoms with Gasteiger partial charge in [-0.15, -0.1) is 0 Å². The van der Waals surface area contributed by atoms with Gasteiger partial charge in [-0.2, -0.15) is 0 Å². The van der Waals surface area contributed by atoms with Crippen LogP contribution in [-0.2, 0) is 14.8 Å². The minimum Gasteiger partial charge on any atom is -0.325 e. The highest BCUT2D eigenvalue weighted by atomic mass is 35.5. The first-order chi connectivity index (χ1) is 14.1. The van der Waals surface area contributed by atoms with Crippen molar-refractivity contribution in [3.63, 3.8) is 0 Å². The standard InChI is InChI=1S/C20H27ClN4O3S2/c1-13-14(2)25(16-7-5-6-8-16)20(22-13)29-12-19(26)23-15-9-10-17(21)18(11-15)30(27,28)24(3)4/h9-11,16H,5-8,12H2,1-4H3,(H,23,26). The van der Waals surface area contributed by atoms with Crippen molar-refractivity contribution in [1.82, 2.24) is 13.9 Å². The Bertz CT molecular complexity index is 1040. The molecule has 0 saturated heterocycles. The van der Waals surface area contributed by atoms with E-state index in [1.807, 2.05) is 6.92 Å². The summed E-state index contributed by atoms with van der Waals surface area (Å²) in [6, 6.07) is 4.90. The molecule has 7 nitrogen and oxygen atoms in total. The van der Waals surface area contributed by atoms with E-state index in [2.05, 4.69) is 21.8 Å². The van der Waals surface area contributed by atoms with Crippen molar-refractivity contribution in [3.8, 4) is 0 Å². The number of nitrogens with zero attached hydrogens (tertiary/aromatic N) is 3. The molecule has 1 fully saturated rings. The van der Waals surface area contributed by atoms with Crippen LogP contribution < -0.4 is 5.32 Å². The third-order valence-electron chi connectivity index (χ3n) is 5.35. The SMILES string of the molecule is Cc1nc(SCC(=O)Nc2ccc(Cl)c(S(=O)(=O)N(C)C)c2)n(C2CCCC2)c1C. The summed E-state index contributed by atoms with van der Waals surface area (Å²) in [5, 5.41) is 3.73. The van der Waals surface area contributed by atoms with Gasteiger partial charge in [-0.1, -0.05) is 36.2 Å². The van der Waals surface area contributed by atoms with Crippen LogP contribution in [-0.4, -0.2) is 48.0 Å². The van der Waals surface area contributed by atoms with Crippen molar-refractivity contribution < 1.29 is 13.2 Å². The zero-order valence-corrected chi connectivity index (χ0v) is 20.0. The maximum Gasteiger partial charge on any atom is 0.244 e. The Balaban J connectivity index is 1.71. The number of hydrogen-bond acceptors (Lipinski definition) is 5. The number of aromatic nitrogens is 2. The number of amides is 1. The maximum absolute atomic E-state index is 12.5. The predicted molar refractivity (Wildman–Crippen MR) is 121 cm³/mol. The van der Waals surface area contributed by atoms with Gasteiger partial charge in [-0.3, -0.25) is 4.79 Å². The number of carbonyl (C=O) groups is 1. The molecule has 1 aromatic carbocycles. The fourth-order valence-electron chi connectivity index (χ4n) is 3.59. The Labute approximate surface area is 187 Å². The van der Waals surface area contributed by atoms with Crippen LogP contribution >= 0.6 is 23.4 Å². The Morgan fingerprint density at radius 2 is 1.97 bits per heavy atom. The number of nitrogens with one attached hydrogen (secondary N) is 1. The van der Waals surface area contributed by atoms with Gasteiger partial charge in [0.25, 0.3) is 0 Å². The van der Waals surface area contributed by atoms with Gasteiger partial charge in [0.1, 0.15) is 4.90 Å². The Morgan fingerprint density at radius 3 is 2.60 bits per heavy atom. The number of hydrogen-bond donors (Lipinski definition) is 1. The molecule has 3 rings (SSSR count). The zero-order valence-electron chi connectivity index (χ0n) is 17.6. The lowest BCUT2D eigenvalue weighted by Gasteiger charge is -2.17. The number of carbonyl (C=O) groups excluding carboxylic acids is 1. The molecule has 1 aliphatic rings. The first-order valence-corrected chi connectivity index (χ1v) is 12.6. The molecule has 1 aromatic heterocycles. The van der Waals surface area contributed by atoms with E-state index in [0.29, 0.717) is 11.7 Å². The van der Waals surface area contributed by atoms with E-state index in [1.54, 1.807) is 6.07 Å². The molecule has 1 saturated carbocycles. The molecule has 0 bridgehead atoms. The van der Waals surface area contributed by atoms with Crippen LogP contribution in [0.15, 0.2) is 28.3 Å². The maximum atomic E-state index is 12.5. The summed E-state index contributed by atoms with van der Waals surface area (Å²) < 4.78 is 28.2. The fraction of sp³-hybridized carbons (Fsp3) is 0.500. The van der Waals surface area contributed by atoms with Gasteiger partial charge in [0, 0.05) is 31.5 Å². The second-order valence-electron chi connectivity index (χ2n) is 7.64. The number of thioether (sulfide) groups is 1. The highest BCUT2D eigenvalue weighted by Crippen LogP contribution is 2.35. The Hall–Kier alpha value is -1.55. The summed E-state index contributed by atoms with van der Waals surface area (Å²) in [4.78, 5) is 17.1. The number of anilines is 1. The third-order valence-corrected chi connectivity index (χ3v) is 8.60. The average molecular weight is 471 g/mol. The van der Waals surface area contributed by atoms with Crippen LogP contribution in [0.25, 0.3) is 0 Å². The molecule has 0 atom stereocenters. The van der Waals surface area contributed by atoms with Crippen molar-refractivity contribution in [3.05, 3.63) is 34.6 Å². The van der Waals surface area contributed by atoms with Crippen molar-refractivity contribution >= 4 is 45.0 Å². The zero-order chi connectivity index (χ0) is 22.1. The third kappa shape index (κ3) is 4.85. The number of imidazole rings is 1. The normalized spacial score (nSPS) is 15.1. The van der Waals surface area contributed by atoms with Gasteiger partial charge < -0.3 is 9.88 Å². The number of rotatable bonds is 7. The van der Waals surface area contributed by atoms with E-state index in [0.717, 1.165) is 33.7 Å². The van der Waals surface area contributed by atoms with Crippen molar-refractivity contribution in [1.29, 1.82) is 0 Å². The molecule has 0 unspecified atom stereocenters. The van der Waals surface area contributed by atoms with Crippen LogP contribution in [0.3, 0.4) is 0 Å². The lowest BCUT2D eigenvalue weighted by molar-refractivity contribution is -0.113. The molecule has 0 radical (unpaired) electrons. The number of benzene rings is 1. The molecule has 1 aliphatic carbocycles. The van der Waals surface area contributed by atoms with Gasteiger partial charge in [0.05, 0.1) is 16.5 Å². The van der Waals surface area contributed by atoms with Crippen LogP contribution in [0.2, 0.25) is 5.02 Å². The van der Waals surface area contributed by atoms with E-state index < -0.39 is 10.0 Å². The van der Waals surface area contributed by atoms with E-state index >= 15 is 0 Å². The van der Waals surface area contributed by atoms with Crippen molar-refractivity contribution in [2.45, 2.75) is 55.6 Å². The summed E-state index contributed by atoms with van der Waals surface area (Å²) >= 11 is 7.47.